The molecule has 17 heavy (non-hydrogen) atoms. The van der Waals surface area contributed by atoms with E-state index >= 15 is 0 Å². The Kier molecular flexibility index (Phi) is 3.66. The Labute approximate surface area is 102 Å². The molecule has 3 atom stereocenters. The molecule has 0 radical (unpaired) electrons. The SMILES string of the molecule is CC1CN(C(=O)C2CCNC(=O)C2)CC(C)N1. The molecule has 2 N–H and O–H groups in total. The summed E-state index contributed by atoms with van der Waals surface area (Å²) in [6, 6.07) is 0.667. The van der Waals surface area contributed by atoms with E-state index in [-0.39, 0.29) is 17.7 Å². The van der Waals surface area contributed by atoms with E-state index in [9.17, 15) is 9.59 Å². The third-order valence-electron chi connectivity index (χ3n) is 3.47. The highest BCUT2D eigenvalue weighted by molar-refractivity contribution is 5.87. The maximum absolute atomic E-state index is 12.3. The van der Waals surface area contributed by atoms with Crippen LogP contribution in [0.5, 0.6) is 0 Å². The molecule has 0 saturated carbocycles. The molecule has 2 saturated heterocycles. The summed E-state index contributed by atoms with van der Waals surface area (Å²) in [7, 11) is 0. The number of carbonyl (C=O) groups excluding carboxylic acids is 2. The number of nitrogens with zero attached hydrogens (tertiary/aromatic N) is 1. The van der Waals surface area contributed by atoms with E-state index in [1.165, 1.54) is 0 Å². The zero-order valence-corrected chi connectivity index (χ0v) is 10.5. The number of nitrogens with one attached hydrogen (secondary N) is 2. The fourth-order valence-electron chi connectivity index (χ4n) is 2.76. The van der Waals surface area contributed by atoms with Crippen molar-refractivity contribution in [2.24, 2.45) is 5.92 Å². The van der Waals surface area contributed by atoms with E-state index in [0.717, 1.165) is 19.5 Å². The quantitative estimate of drug-likeness (QED) is 0.661. The second-order valence-electron chi connectivity index (χ2n) is 5.25. The fourth-order valence-corrected chi connectivity index (χ4v) is 2.76. The van der Waals surface area contributed by atoms with Crippen molar-refractivity contribution in [3.05, 3.63) is 0 Å². The highest BCUT2D eigenvalue weighted by atomic mass is 16.2. The minimum absolute atomic E-state index is 0.00540. The molecule has 0 aromatic heterocycles. The van der Waals surface area contributed by atoms with Gasteiger partial charge in [-0.3, -0.25) is 9.59 Å². The first kappa shape index (κ1) is 12.4. The van der Waals surface area contributed by atoms with E-state index in [1.807, 2.05) is 4.90 Å². The zero-order valence-electron chi connectivity index (χ0n) is 10.5. The number of piperidine rings is 1. The molecule has 2 fully saturated rings. The summed E-state index contributed by atoms with van der Waals surface area (Å²) < 4.78 is 0. The average Bonchev–Trinajstić information content (AvgIpc) is 2.26. The number of carbonyl (C=O) groups is 2. The molecule has 2 aliphatic heterocycles. The Morgan fingerprint density at radius 3 is 2.53 bits per heavy atom. The standard InChI is InChI=1S/C12H21N3O2/c1-8-6-15(7-9(2)14-8)12(17)10-3-4-13-11(16)5-10/h8-10,14H,3-7H2,1-2H3,(H,13,16). The molecule has 2 aliphatic rings. The van der Waals surface area contributed by atoms with Gasteiger partial charge in [-0.25, -0.2) is 0 Å². The molecular weight excluding hydrogens is 218 g/mol. The van der Waals surface area contributed by atoms with Crippen molar-refractivity contribution in [1.82, 2.24) is 15.5 Å². The number of rotatable bonds is 1. The van der Waals surface area contributed by atoms with Gasteiger partial charge in [-0.1, -0.05) is 0 Å². The first-order valence-corrected chi connectivity index (χ1v) is 6.38. The molecule has 96 valence electrons. The van der Waals surface area contributed by atoms with Crippen LogP contribution in [-0.2, 0) is 9.59 Å². The molecule has 2 heterocycles. The summed E-state index contributed by atoms with van der Waals surface area (Å²) >= 11 is 0. The van der Waals surface area contributed by atoms with Crippen molar-refractivity contribution >= 4 is 11.8 Å². The third kappa shape index (κ3) is 2.97. The molecule has 0 aromatic rings. The van der Waals surface area contributed by atoms with Crippen LogP contribution in [0, 0.1) is 5.92 Å². The first-order valence-electron chi connectivity index (χ1n) is 6.38. The van der Waals surface area contributed by atoms with Gasteiger partial charge < -0.3 is 15.5 Å². The van der Waals surface area contributed by atoms with E-state index in [0.29, 0.717) is 25.0 Å². The predicted molar refractivity (Wildman–Crippen MR) is 64.4 cm³/mol. The van der Waals surface area contributed by atoms with Crippen molar-refractivity contribution in [3.8, 4) is 0 Å². The molecule has 2 amide bonds. The van der Waals surface area contributed by atoms with Crippen LogP contribution in [0.4, 0.5) is 0 Å². The van der Waals surface area contributed by atoms with Crippen molar-refractivity contribution in [1.29, 1.82) is 0 Å². The van der Waals surface area contributed by atoms with Gasteiger partial charge in [0.15, 0.2) is 0 Å². The molecule has 0 aromatic carbocycles. The number of amides is 2. The summed E-state index contributed by atoms with van der Waals surface area (Å²) in [5.74, 6) is 0.0483. The minimum atomic E-state index is -0.110. The average molecular weight is 239 g/mol. The van der Waals surface area contributed by atoms with Gasteiger partial charge in [0.05, 0.1) is 0 Å². The van der Waals surface area contributed by atoms with Gasteiger partial charge in [0.1, 0.15) is 0 Å². The summed E-state index contributed by atoms with van der Waals surface area (Å²) in [5, 5.41) is 6.17. The summed E-state index contributed by atoms with van der Waals surface area (Å²) in [5.41, 5.74) is 0. The second kappa shape index (κ2) is 5.04. The second-order valence-corrected chi connectivity index (χ2v) is 5.25. The monoisotopic (exact) mass is 239 g/mol. The molecule has 0 spiro atoms. The zero-order chi connectivity index (χ0) is 12.4. The van der Waals surface area contributed by atoms with Crippen LogP contribution in [0.15, 0.2) is 0 Å². The van der Waals surface area contributed by atoms with Gasteiger partial charge in [0, 0.05) is 44.1 Å². The molecule has 2 rings (SSSR count). The molecular formula is C12H21N3O2. The first-order chi connectivity index (χ1) is 8.06. The lowest BCUT2D eigenvalue weighted by molar-refractivity contribution is -0.141. The van der Waals surface area contributed by atoms with Gasteiger partial charge in [-0.15, -0.1) is 0 Å². The topological polar surface area (TPSA) is 61.4 Å². The maximum Gasteiger partial charge on any atom is 0.226 e. The molecule has 5 nitrogen and oxygen atoms in total. The number of hydrogen-bond acceptors (Lipinski definition) is 3. The van der Waals surface area contributed by atoms with Crippen molar-refractivity contribution in [3.63, 3.8) is 0 Å². The van der Waals surface area contributed by atoms with E-state index in [4.69, 9.17) is 0 Å². The lowest BCUT2D eigenvalue weighted by Crippen LogP contribution is -2.57. The Hall–Kier alpha value is -1.10. The van der Waals surface area contributed by atoms with Crippen molar-refractivity contribution in [2.75, 3.05) is 19.6 Å². The van der Waals surface area contributed by atoms with E-state index < -0.39 is 0 Å². The summed E-state index contributed by atoms with van der Waals surface area (Å²) in [6.45, 7) is 6.31. The highest BCUT2D eigenvalue weighted by Crippen LogP contribution is 2.17. The Balaban J connectivity index is 1.96. The van der Waals surface area contributed by atoms with Crippen LogP contribution in [0.1, 0.15) is 26.7 Å². The van der Waals surface area contributed by atoms with Gasteiger partial charge in [-0.05, 0) is 20.3 Å². The number of piperazine rings is 1. The van der Waals surface area contributed by atoms with Crippen LogP contribution in [0.3, 0.4) is 0 Å². The van der Waals surface area contributed by atoms with Crippen LogP contribution >= 0.6 is 0 Å². The van der Waals surface area contributed by atoms with Gasteiger partial charge in [0.25, 0.3) is 0 Å². The minimum Gasteiger partial charge on any atom is -0.356 e. The lowest BCUT2D eigenvalue weighted by atomic mass is 9.95. The Bertz CT molecular complexity index is 309. The Morgan fingerprint density at radius 1 is 1.29 bits per heavy atom. The van der Waals surface area contributed by atoms with Crippen molar-refractivity contribution < 1.29 is 9.59 Å². The van der Waals surface area contributed by atoms with Crippen LogP contribution in [0.25, 0.3) is 0 Å². The van der Waals surface area contributed by atoms with E-state index in [2.05, 4.69) is 24.5 Å². The normalized spacial score (nSPS) is 34.4. The number of hydrogen-bond donors (Lipinski definition) is 2. The Morgan fingerprint density at radius 2 is 1.94 bits per heavy atom. The molecule has 0 bridgehead atoms. The third-order valence-corrected chi connectivity index (χ3v) is 3.47. The van der Waals surface area contributed by atoms with Crippen molar-refractivity contribution in [2.45, 2.75) is 38.8 Å². The maximum atomic E-state index is 12.3. The molecule has 5 heteroatoms. The summed E-state index contributed by atoms with van der Waals surface area (Å²) in [4.78, 5) is 25.5. The highest BCUT2D eigenvalue weighted by Gasteiger charge is 2.32. The molecule has 0 aliphatic carbocycles. The van der Waals surface area contributed by atoms with Gasteiger partial charge >= 0.3 is 0 Å². The van der Waals surface area contributed by atoms with Gasteiger partial charge in [-0.2, -0.15) is 0 Å². The molecule has 3 unspecified atom stereocenters. The summed E-state index contributed by atoms with van der Waals surface area (Å²) in [6.07, 6.45) is 1.13. The fraction of sp³-hybridized carbons (Fsp3) is 0.833. The van der Waals surface area contributed by atoms with Crippen LogP contribution in [0.2, 0.25) is 0 Å². The largest absolute Gasteiger partial charge is 0.356 e. The van der Waals surface area contributed by atoms with Crippen LogP contribution in [-0.4, -0.2) is 48.4 Å². The van der Waals surface area contributed by atoms with Crippen LogP contribution < -0.4 is 10.6 Å². The smallest absolute Gasteiger partial charge is 0.226 e. The van der Waals surface area contributed by atoms with E-state index in [1.54, 1.807) is 0 Å². The van der Waals surface area contributed by atoms with Gasteiger partial charge in [0.2, 0.25) is 11.8 Å². The lowest BCUT2D eigenvalue weighted by Gasteiger charge is -2.38. The predicted octanol–water partition coefficient (Wildman–Crippen LogP) is -0.279.